The van der Waals surface area contributed by atoms with E-state index in [1.165, 1.54) is 5.56 Å². The first kappa shape index (κ1) is 24.9. The molecular formula is C21H33IN6O. The molecule has 0 aliphatic heterocycles. The second-order valence-electron chi connectivity index (χ2n) is 6.97. The van der Waals surface area contributed by atoms with Crippen molar-refractivity contribution in [3.8, 4) is 0 Å². The summed E-state index contributed by atoms with van der Waals surface area (Å²) in [5.41, 5.74) is 3.02. The van der Waals surface area contributed by atoms with Gasteiger partial charge in [0.1, 0.15) is 0 Å². The third-order valence-electron chi connectivity index (χ3n) is 4.21. The van der Waals surface area contributed by atoms with Crippen LogP contribution in [0.5, 0.6) is 0 Å². The van der Waals surface area contributed by atoms with Crippen molar-refractivity contribution in [2.24, 2.45) is 4.99 Å². The monoisotopic (exact) mass is 512 g/mol. The fraction of sp³-hybridized carbons (Fsp3) is 0.476. The van der Waals surface area contributed by atoms with Gasteiger partial charge in [-0.1, -0.05) is 12.1 Å². The van der Waals surface area contributed by atoms with Gasteiger partial charge in [-0.05, 0) is 49.9 Å². The molecule has 2 aromatic rings. The van der Waals surface area contributed by atoms with Gasteiger partial charge in [-0.2, -0.15) is 5.10 Å². The van der Waals surface area contributed by atoms with Gasteiger partial charge in [0.2, 0.25) is 0 Å². The van der Waals surface area contributed by atoms with Gasteiger partial charge in [0.05, 0.1) is 6.20 Å². The molecule has 0 bridgehead atoms. The van der Waals surface area contributed by atoms with Gasteiger partial charge in [-0.25, -0.2) is 0 Å². The maximum Gasteiger partial charge on any atom is 0.253 e. The van der Waals surface area contributed by atoms with Crippen LogP contribution >= 0.6 is 24.0 Å². The van der Waals surface area contributed by atoms with Crippen molar-refractivity contribution in [2.45, 2.75) is 33.2 Å². The number of halogens is 1. The second-order valence-corrected chi connectivity index (χ2v) is 6.97. The number of guanidine groups is 1. The Hall–Kier alpha value is -2.10. The number of nitrogens with zero attached hydrogens (tertiary/aromatic N) is 4. The summed E-state index contributed by atoms with van der Waals surface area (Å²) in [7, 11) is 3.53. The molecule has 7 nitrogen and oxygen atoms in total. The Morgan fingerprint density at radius 1 is 1.28 bits per heavy atom. The molecule has 1 amide bonds. The average Bonchev–Trinajstić information content (AvgIpc) is 3.09. The minimum Gasteiger partial charge on any atom is -0.357 e. The summed E-state index contributed by atoms with van der Waals surface area (Å²) in [6.07, 6.45) is 5.68. The molecule has 0 aliphatic rings. The van der Waals surface area contributed by atoms with Crippen LogP contribution in [0.4, 0.5) is 0 Å². The van der Waals surface area contributed by atoms with Crippen LogP contribution in [-0.4, -0.2) is 60.3 Å². The van der Waals surface area contributed by atoms with E-state index in [0.717, 1.165) is 56.1 Å². The molecule has 0 radical (unpaired) electrons. The minimum atomic E-state index is 0. The molecule has 1 aromatic carbocycles. The molecule has 0 aliphatic carbocycles. The van der Waals surface area contributed by atoms with Gasteiger partial charge in [0, 0.05) is 52.0 Å². The molecule has 0 saturated heterocycles. The summed E-state index contributed by atoms with van der Waals surface area (Å²) in [5.74, 6) is 0.844. The predicted molar refractivity (Wildman–Crippen MR) is 129 cm³/mol. The highest BCUT2D eigenvalue weighted by Crippen LogP contribution is 2.07. The van der Waals surface area contributed by atoms with E-state index in [1.807, 2.05) is 48.3 Å². The van der Waals surface area contributed by atoms with Gasteiger partial charge in [0.25, 0.3) is 5.91 Å². The SMILES string of the molecule is CCNC(=NCCCn1cc(C)cn1)NCCc1cccc(C(=O)N(C)C)c1.I. The molecule has 1 heterocycles. The molecule has 0 unspecified atom stereocenters. The Kier molecular flexibility index (Phi) is 11.3. The van der Waals surface area contributed by atoms with Crippen LogP contribution in [0, 0.1) is 6.92 Å². The van der Waals surface area contributed by atoms with Gasteiger partial charge in [0.15, 0.2) is 5.96 Å². The Morgan fingerprint density at radius 3 is 2.72 bits per heavy atom. The van der Waals surface area contributed by atoms with Crippen LogP contribution in [0.3, 0.4) is 0 Å². The Bertz CT molecular complexity index is 787. The van der Waals surface area contributed by atoms with Crippen LogP contribution in [0.15, 0.2) is 41.7 Å². The lowest BCUT2D eigenvalue weighted by atomic mass is 10.1. The number of amides is 1. The Morgan fingerprint density at radius 2 is 2.07 bits per heavy atom. The Labute approximate surface area is 191 Å². The minimum absolute atomic E-state index is 0. The topological polar surface area (TPSA) is 74.5 Å². The highest BCUT2D eigenvalue weighted by molar-refractivity contribution is 14.0. The summed E-state index contributed by atoms with van der Waals surface area (Å²) >= 11 is 0. The second kappa shape index (κ2) is 13.2. The third-order valence-corrected chi connectivity index (χ3v) is 4.21. The number of hydrogen-bond donors (Lipinski definition) is 2. The highest BCUT2D eigenvalue weighted by atomic mass is 127. The van der Waals surface area contributed by atoms with Gasteiger partial charge in [-0.3, -0.25) is 14.5 Å². The van der Waals surface area contributed by atoms with E-state index in [4.69, 9.17) is 0 Å². The van der Waals surface area contributed by atoms with Crippen LogP contribution < -0.4 is 10.6 Å². The number of aromatic nitrogens is 2. The Balaban J connectivity index is 0.00000420. The maximum atomic E-state index is 12.1. The first-order valence-electron chi connectivity index (χ1n) is 9.81. The van der Waals surface area contributed by atoms with Crippen molar-refractivity contribution in [3.05, 3.63) is 53.3 Å². The maximum absolute atomic E-state index is 12.1. The van der Waals surface area contributed by atoms with Crippen molar-refractivity contribution in [3.63, 3.8) is 0 Å². The molecule has 0 saturated carbocycles. The first-order chi connectivity index (χ1) is 13.5. The standard InChI is InChI=1S/C21H32N6O.HI/c1-5-22-21(23-11-7-13-27-16-17(2)15-25-27)24-12-10-18-8-6-9-19(14-18)20(28)26(3)4;/h6,8-9,14-16H,5,7,10-13H2,1-4H3,(H2,22,23,24);1H. The molecule has 0 atom stereocenters. The zero-order valence-corrected chi connectivity index (χ0v) is 20.1. The largest absolute Gasteiger partial charge is 0.357 e. The number of carbonyl (C=O) groups excluding carboxylic acids is 1. The van der Waals surface area contributed by atoms with E-state index in [2.05, 4.69) is 27.6 Å². The number of benzene rings is 1. The molecular weight excluding hydrogens is 479 g/mol. The van der Waals surface area contributed by atoms with Crippen molar-refractivity contribution in [2.75, 3.05) is 33.7 Å². The van der Waals surface area contributed by atoms with Crippen LogP contribution in [0.25, 0.3) is 0 Å². The number of rotatable bonds is 9. The van der Waals surface area contributed by atoms with E-state index in [9.17, 15) is 4.79 Å². The molecule has 2 N–H and O–H groups in total. The van der Waals surface area contributed by atoms with E-state index in [0.29, 0.717) is 0 Å². The fourth-order valence-corrected chi connectivity index (χ4v) is 2.80. The average molecular weight is 512 g/mol. The molecule has 160 valence electrons. The summed E-state index contributed by atoms with van der Waals surface area (Å²) in [5, 5.41) is 10.9. The van der Waals surface area contributed by atoms with E-state index >= 15 is 0 Å². The summed E-state index contributed by atoms with van der Waals surface area (Å²) in [6, 6.07) is 7.79. The van der Waals surface area contributed by atoms with Crippen molar-refractivity contribution in [1.29, 1.82) is 0 Å². The van der Waals surface area contributed by atoms with E-state index < -0.39 is 0 Å². The third kappa shape index (κ3) is 8.84. The number of carbonyl (C=O) groups is 1. The quantitative estimate of drug-likeness (QED) is 0.235. The van der Waals surface area contributed by atoms with Crippen LogP contribution in [0.1, 0.15) is 34.8 Å². The number of aliphatic imine (C=N–C) groups is 1. The summed E-state index contributed by atoms with van der Waals surface area (Å²) in [4.78, 5) is 18.3. The zero-order chi connectivity index (χ0) is 20.4. The van der Waals surface area contributed by atoms with Crippen LogP contribution in [-0.2, 0) is 13.0 Å². The van der Waals surface area contributed by atoms with Gasteiger partial charge < -0.3 is 15.5 Å². The lowest BCUT2D eigenvalue weighted by Gasteiger charge is -2.13. The molecule has 0 spiro atoms. The van der Waals surface area contributed by atoms with E-state index in [-0.39, 0.29) is 29.9 Å². The van der Waals surface area contributed by atoms with E-state index in [1.54, 1.807) is 19.0 Å². The van der Waals surface area contributed by atoms with Crippen molar-refractivity contribution >= 4 is 35.8 Å². The highest BCUT2D eigenvalue weighted by Gasteiger charge is 2.08. The first-order valence-corrected chi connectivity index (χ1v) is 9.81. The van der Waals surface area contributed by atoms with Crippen molar-refractivity contribution in [1.82, 2.24) is 25.3 Å². The number of aryl methyl sites for hydroxylation is 2. The van der Waals surface area contributed by atoms with Crippen LogP contribution in [0.2, 0.25) is 0 Å². The predicted octanol–water partition coefficient (Wildman–Crippen LogP) is 2.70. The normalized spacial score (nSPS) is 11.0. The zero-order valence-electron chi connectivity index (χ0n) is 17.8. The lowest BCUT2D eigenvalue weighted by Crippen LogP contribution is -2.38. The molecule has 8 heteroatoms. The molecule has 0 fully saturated rings. The van der Waals surface area contributed by atoms with Crippen molar-refractivity contribution < 1.29 is 4.79 Å². The van der Waals surface area contributed by atoms with Gasteiger partial charge >= 0.3 is 0 Å². The lowest BCUT2D eigenvalue weighted by molar-refractivity contribution is 0.0827. The fourth-order valence-electron chi connectivity index (χ4n) is 2.80. The number of hydrogen-bond acceptors (Lipinski definition) is 3. The smallest absolute Gasteiger partial charge is 0.253 e. The van der Waals surface area contributed by atoms with Gasteiger partial charge in [-0.15, -0.1) is 24.0 Å². The molecule has 1 aromatic heterocycles. The molecule has 29 heavy (non-hydrogen) atoms. The summed E-state index contributed by atoms with van der Waals surface area (Å²) in [6.45, 7) is 7.27. The summed E-state index contributed by atoms with van der Waals surface area (Å²) < 4.78 is 1.95. The molecule has 2 rings (SSSR count). The number of nitrogens with one attached hydrogen (secondary N) is 2.